The molecule has 1 aromatic rings. The van der Waals surface area contributed by atoms with Gasteiger partial charge in [0.2, 0.25) is 0 Å². The number of hydrogen-bond acceptors (Lipinski definition) is 2. The maximum atomic E-state index is 11.7. The second-order valence-corrected chi connectivity index (χ2v) is 4.61. The molecule has 0 saturated carbocycles. The summed E-state index contributed by atoms with van der Waals surface area (Å²) < 4.78 is 0. The van der Waals surface area contributed by atoms with Crippen LogP contribution in [0.1, 0.15) is 31.9 Å². The van der Waals surface area contributed by atoms with Crippen LogP contribution in [0.4, 0.5) is 4.79 Å². The monoisotopic (exact) mass is 250 g/mol. The average Bonchev–Trinajstić information content (AvgIpc) is 2.37. The topological polar surface area (TPSA) is 61.4 Å². The summed E-state index contributed by atoms with van der Waals surface area (Å²) in [7, 11) is 0. The molecule has 100 valence electrons. The van der Waals surface area contributed by atoms with Crippen LogP contribution < -0.4 is 10.6 Å². The molecule has 0 bridgehead atoms. The molecule has 0 fully saturated rings. The van der Waals surface area contributed by atoms with Crippen LogP contribution >= 0.6 is 0 Å². The first-order valence-corrected chi connectivity index (χ1v) is 6.35. The molecule has 3 N–H and O–H groups in total. The smallest absolute Gasteiger partial charge is 0.315 e. The Bertz CT molecular complexity index is 352. The molecule has 0 heterocycles. The maximum Gasteiger partial charge on any atom is 0.315 e. The van der Waals surface area contributed by atoms with Crippen molar-refractivity contribution in [3.63, 3.8) is 0 Å². The van der Waals surface area contributed by atoms with E-state index in [1.54, 1.807) is 0 Å². The van der Waals surface area contributed by atoms with Crippen molar-refractivity contribution in [3.05, 3.63) is 35.9 Å². The van der Waals surface area contributed by atoms with Crippen LogP contribution in [0.5, 0.6) is 0 Å². The number of nitrogens with one attached hydrogen (secondary N) is 2. The van der Waals surface area contributed by atoms with E-state index in [0.29, 0.717) is 18.9 Å². The Balaban J connectivity index is 2.56. The number of urea groups is 1. The second-order valence-electron chi connectivity index (χ2n) is 4.61. The Labute approximate surface area is 108 Å². The summed E-state index contributed by atoms with van der Waals surface area (Å²) in [6.07, 6.45) is 0.575. The van der Waals surface area contributed by atoms with Crippen LogP contribution in [0.25, 0.3) is 0 Å². The quantitative estimate of drug-likeness (QED) is 0.677. The van der Waals surface area contributed by atoms with Crippen LogP contribution in [0.2, 0.25) is 0 Å². The maximum absolute atomic E-state index is 11.7. The van der Waals surface area contributed by atoms with Gasteiger partial charge in [-0.05, 0) is 17.9 Å². The zero-order chi connectivity index (χ0) is 13.4. The molecule has 4 heteroatoms. The molecule has 1 aromatic carbocycles. The van der Waals surface area contributed by atoms with Gasteiger partial charge in [0.1, 0.15) is 0 Å². The molecule has 1 unspecified atom stereocenters. The molecule has 0 spiro atoms. The first kappa shape index (κ1) is 14.5. The molecule has 1 rings (SSSR count). The number of aliphatic hydroxyl groups excluding tert-OH is 1. The predicted octanol–water partition coefficient (Wildman–Crippen LogP) is 2.07. The van der Waals surface area contributed by atoms with Crippen LogP contribution in [0, 0.1) is 5.92 Å². The van der Waals surface area contributed by atoms with Gasteiger partial charge in [0.05, 0.1) is 6.04 Å². The van der Waals surface area contributed by atoms with E-state index in [1.807, 2.05) is 30.3 Å². The molecule has 0 aromatic heterocycles. The molecule has 2 amide bonds. The number of aliphatic hydroxyl groups is 1. The van der Waals surface area contributed by atoms with Gasteiger partial charge in [0.15, 0.2) is 0 Å². The first-order chi connectivity index (χ1) is 8.65. The second kappa shape index (κ2) is 7.71. The normalized spacial score (nSPS) is 12.2. The highest BCUT2D eigenvalue weighted by molar-refractivity contribution is 5.74. The van der Waals surface area contributed by atoms with Crippen molar-refractivity contribution in [2.24, 2.45) is 5.92 Å². The predicted molar refractivity (Wildman–Crippen MR) is 72.3 cm³/mol. The van der Waals surface area contributed by atoms with Crippen LogP contribution in [-0.2, 0) is 0 Å². The molecule has 4 nitrogen and oxygen atoms in total. The number of carbonyl (C=O) groups is 1. The largest absolute Gasteiger partial charge is 0.396 e. The molecule has 0 radical (unpaired) electrons. The lowest BCUT2D eigenvalue weighted by atomic mass is 9.96. The number of carbonyl (C=O) groups excluding carboxylic acids is 1. The van der Waals surface area contributed by atoms with Gasteiger partial charge in [-0.25, -0.2) is 4.79 Å². The zero-order valence-electron chi connectivity index (χ0n) is 11.0. The summed E-state index contributed by atoms with van der Waals surface area (Å²) in [5.74, 6) is 0.316. The third-order valence-corrected chi connectivity index (χ3v) is 2.73. The molecular formula is C14H22N2O2. The summed E-state index contributed by atoms with van der Waals surface area (Å²) in [6, 6.07) is 9.73. The van der Waals surface area contributed by atoms with Crippen molar-refractivity contribution < 1.29 is 9.90 Å². The molecular weight excluding hydrogens is 228 g/mol. The van der Waals surface area contributed by atoms with Crippen molar-refractivity contribution in [1.29, 1.82) is 0 Å². The van der Waals surface area contributed by atoms with E-state index < -0.39 is 0 Å². The summed E-state index contributed by atoms with van der Waals surface area (Å²) >= 11 is 0. The summed E-state index contributed by atoms with van der Waals surface area (Å²) in [4.78, 5) is 11.7. The Morgan fingerprint density at radius 3 is 2.50 bits per heavy atom. The highest BCUT2D eigenvalue weighted by Gasteiger charge is 2.17. The SMILES string of the molecule is CC(C)C(NC(=O)NCCCO)c1ccccc1. The van der Waals surface area contributed by atoms with Gasteiger partial charge in [-0.3, -0.25) is 0 Å². The molecule has 0 aliphatic carbocycles. The number of hydrogen-bond donors (Lipinski definition) is 3. The van der Waals surface area contributed by atoms with Crippen molar-refractivity contribution >= 4 is 6.03 Å². The van der Waals surface area contributed by atoms with Gasteiger partial charge >= 0.3 is 6.03 Å². The van der Waals surface area contributed by atoms with Crippen molar-refractivity contribution in [2.45, 2.75) is 26.3 Å². The summed E-state index contributed by atoms with van der Waals surface area (Å²) in [6.45, 7) is 4.73. The van der Waals surface area contributed by atoms with Crippen molar-refractivity contribution in [3.8, 4) is 0 Å². The fourth-order valence-corrected chi connectivity index (χ4v) is 1.77. The Kier molecular flexibility index (Phi) is 6.22. The minimum Gasteiger partial charge on any atom is -0.396 e. The fourth-order valence-electron chi connectivity index (χ4n) is 1.77. The average molecular weight is 250 g/mol. The third kappa shape index (κ3) is 4.75. The van der Waals surface area contributed by atoms with E-state index in [4.69, 9.17) is 5.11 Å². The van der Waals surface area contributed by atoms with E-state index in [1.165, 1.54) is 0 Å². The lowest BCUT2D eigenvalue weighted by Crippen LogP contribution is -2.40. The van der Waals surface area contributed by atoms with Gasteiger partial charge < -0.3 is 15.7 Å². The number of benzene rings is 1. The van der Waals surface area contributed by atoms with E-state index in [2.05, 4.69) is 24.5 Å². The summed E-state index contributed by atoms with van der Waals surface area (Å²) in [5, 5.41) is 14.3. The van der Waals surface area contributed by atoms with Crippen LogP contribution in [-0.4, -0.2) is 24.3 Å². The molecule has 0 aliphatic rings. The minimum absolute atomic E-state index is 0.000302. The van der Waals surface area contributed by atoms with Gasteiger partial charge in [-0.1, -0.05) is 44.2 Å². The Morgan fingerprint density at radius 1 is 1.28 bits per heavy atom. The van der Waals surface area contributed by atoms with Crippen LogP contribution in [0.3, 0.4) is 0 Å². The Morgan fingerprint density at radius 2 is 1.94 bits per heavy atom. The highest BCUT2D eigenvalue weighted by Crippen LogP contribution is 2.20. The standard InChI is InChI=1S/C14H22N2O2/c1-11(2)13(12-7-4-3-5-8-12)16-14(18)15-9-6-10-17/h3-5,7-8,11,13,17H,6,9-10H2,1-2H3,(H2,15,16,18). The molecule has 18 heavy (non-hydrogen) atoms. The molecule has 1 atom stereocenters. The van der Waals surface area contributed by atoms with E-state index in [9.17, 15) is 4.79 Å². The molecule has 0 saturated heterocycles. The number of amides is 2. The third-order valence-electron chi connectivity index (χ3n) is 2.73. The lowest BCUT2D eigenvalue weighted by molar-refractivity contribution is 0.230. The minimum atomic E-state index is -0.189. The van der Waals surface area contributed by atoms with Gasteiger partial charge in [-0.2, -0.15) is 0 Å². The van der Waals surface area contributed by atoms with Gasteiger partial charge in [0.25, 0.3) is 0 Å². The van der Waals surface area contributed by atoms with Crippen molar-refractivity contribution in [2.75, 3.05) is 13.2 Å². The lowest BCUT2D eigenvalue weighted by Gasteiger charge is -2.23. The van der Waals surface area contributed by atoms with Gasteiger partial charge in [-0.15, -0.1) is 0 Å². The number of rotatable bonds is 6. The summed E-state index contributed by atoms with van der Waals surface area (Å²) in [5.41, 5.74) is 1.10. The van der Waals surface area contributed by atoms with E-state index in [-0.39, 0.29) is 18.7 Å². The van der Waals surface area contributed by atoms with Crippen LogP contribution in [0.15, 0.2) is 30.3 Å². The molecule has 0 aliphatic heterocycles. The zero-order valence-corrected chi connectivity index (χ0v) is 11.0. The first-order valence-electron chi connectivity index (χ1n) is 6.35. The van der Waals surface area contributed by atoms with E-state index in [0.717, 1.165) is 5.56 Å². The van der Waals surface area contributed by atoms with E-state index >= 15 is 0 Å². The van der Waals surface area contributed by atoms with Crippen molar-refractivity contribution in [1.82, 2.24) is 10.6 Å². The highest BCUT2D eigenvalue weighted by atomic mass is 16.3. The Hall–Kier alpha value is -1.55. The van der Waals surface area contributed by atoms with Gasteiger partial charge in [0, 0.05) is 13.2 Å². The fraction of sp³-hybridized carbons (Fsp3) is 0.500.